The van der Waals surface area contributed by atoms with Crippen molar-refractivity contribution < 1.29 is 4.79 Å². The fraction of sp³-hybridized carbons (Fsp3) is 0.909. The van der Waals surface area contributed by atoms with Crippen LogP contribution in [-0.4, -0.2) is 29.7 Å². The van der Waals surface area contributed by atoms with Crippen LogP contribution in [0.4, 0.5) is 4.79 Å². The standard InChI is InChI=1S/C11H23N3O/c1-7(2)9-8(3)11(4,5)14(12-6)10(15)13-9/h7-9,12H,1-6H3,(H,13,15). The molecule has 88 valence electrons. The molecule has 1 rings (SSSR count). The third-order valence-electron chi connectivity index (χ3n) is 3.66. The number of rotatable bonds is 2. The molecule has 0 saturated carbocycles. The van der Waals surface area contributed by atoms with E-state index >= 15 is 0 Å². The predicted molar refractivity (Wildman–Crippen MR) is 61.3 cm³/mol. The van der Waals surface area contributed by atoms with Crippen molar-refractivity contribution in [1.29, 1.82) is 0 Å². The summed E-state index contributed by atoms with van der Waals surface area (Å²) in [5, 5.41) is 4.72. The maximum absolute atomic E-state index is 11.9. The maximum Gasteiger partial charge on any atom is 0.332 e. The van der Waals surface area contributed by atoms with Crippen molar-refractivity contribution in [3.8, 4) is 0 Å². The van der Waals surface area contributed by atoms with Crippen LogP contribution in [0, 0.1) is 11.8 Å². The number of urea groups is 1. The molecule has 0 aromatic rings. The van der Waals surface area contributed by atoms with E-state index in [-0.39, 0.29) is 17.6 Å². The van der Waals surface area contributed by atoms with E-state index in [9.17, 15) is 4.79 Å². The third-order valence-corrected chi connectivity index (χ3v) is 3.66. The molecule has 1 heterocycles. The molecule has 0 aromatic heterocycles. The number of nitrogens with one attached hydrogen (secondary N) is 2. The number of hydrogen-bond acceptors (Lipinski definition) is 2. The monoisotopic (exact) mass is 213 g/mol. The van der Waals surface area contributed by atoms with Gasteiger partial charge in [0.2, 0.25) is 0 Å². The van der Waals surface area contributed by atoms with E-state index in [4.69, 9.17) is 0 Å². The summed E-state index contributed by atoms with van der Waals surface area (Å²) in [7, 11) is 1.78. The Bertz CT molecular complexity index is 250. The summed E-state index contributed by atoms with van der Waals surface area (Å²) < 4.78 is 0. The van der Waals surface area contributed by atoms with Gasteiger partial charge in [0, 0.05) is 19.0 Å². The Morgan fingerprint density at radius 2 is 2.00 bits per heavy atom. The van der Waals surface area contributed by atoms with Gasteiger partial charge in [-0.2, -0.15) is 0 Å². The minimum absolute atomic E-state index is 0.0284. The van der Waals surface area contributed by atoms with Crippen LogP contribution in [0.15, 0.2) is 0 Å². The van der Waals surface area contributed by atoms with Crippen LogP contribution in [0.3, 0.4) is 0 Å². The van der Waals surface area contributed by atoms with Crippen LogP contribution in [0.2, 0.25) is 0 Å². The van der Waals surface area contributed by atoms with Crippen molar-refractivity contribution in [3.05, 3.63) is 0 Å². The van der Waals surface area contributed by atoms with Gasteiger partial charge < -0.3 is 5.32 Å². The fourth-order valence-electron chi connectivity index (χ4n) is 2.37. The van der Waals surface area contributed by atoms with Crippen LogP contribution < -0.4 is 10.7 Å². The maximum atomic E-state index is 11.9. The van der Waals surface area contributed by atoms with E-state index in [2.05, 4.69) is 45.4 Å². The average molecular weight is 213 g/mol. The van der Waals surface area contributed by atoms with Gasteiger partial charge in [0.15, 0.2) is 0 Å². The predicted octanol–water partition coefficient (Wildman–Crippen LogP) is 1.59. The lowest BCUT2D eigenvalue weighted by molar-refractivity contribution is 0.0102. The molecular formula is C11H23N3O. The highest BCUT2D eigenvalue weighted by molar-refractivity contribution is 5.76. The molecule has 4 heteroatoms. The molecule has 0 spiro atoms. The van der Waals surface area contributed by atoms with Gasteiger partial charge in [0.25, 0.3) is 0 Å². The average Bonchev–Trinajstić information content (AvgIpc) is 2.11. The van der Waals surface area contributed by atoms with E-state index < -0.39 is 0 Å². The Morgan fingerprint density at radius 1 is 1.47 bits per heavy atom. The highest BCUT2D eigenvalue weighted by Gasteiger charge is 2.45. The first kappa shape index (κ1) is 12.3. The summed E-state index contributed by atoms with van der Waals surface area (Å²) in [5.74, 6) is 0.866. The zero-order valence-corrected chi connectivity index (χ0v) is 10.6. The first-order chi connectivity index (χ1) is 6.82. The molecule has 1 aliphatic heterocycles. The zero-order chi connectivity index (χ0) is 11.8. The number of carbonyl (C=O) groups is 1. The molecule has 1 saturated heterocycles. The molecule has 2 atom stereocenters. The minimum Gasteiger partial charge on any atom is -0.334 e. The Balaban J connectivity index is 2.96. The summed E-state index contributed by atoms with van der Waals surface area (Å²) in [4.78, 5) is 11.9. The lowest BCUT2D eigenvalue weighted by atomic mass is 9.77. The molecule has 1 fully saturated rings. The molecule has 2 N–H and O–H groups in total. The fourth-order valence-corrected chi connectivity index (χ4v) is 2.37. The van der Waals surface area contributed by atoms with Crippen LogP contribution in [0.25, 0.3) is 0 Å². The van der Waals surface area contributed by atoms with E-state index in [1.807, 2.05) is 0 Å². The van der Waals surface area contributed by atoms with Crippen LogP contribution in [-0.2, 0) is 0 Å². The molecule has 4 nitrogen and oxygen atoms in total. The molecule has 1 aliphatic rings. The second-order valence-corrected chi connectivity index (χ2v) is 5.22. The quantitative estimate of drug-likeness (QED) is 0.731. The Morgan fingerprint density at radius 3 is 2.40 bits per heavy atom. The smallest absolute Gasteiger partial charge is 0.332 e. The van der Waals surface area contributed by atoms with Gasteiger partial charge in [-0.05, 0) is 19.8 Å². The van der Waals surface area contributed by atoms with Crippen molar-refractivity contribution in [2.24, 2.45) is 11.8 Å². The van der Waals surface area contributed by atoms with Crippen molar-refractivity contribution in [2.75, 3.05) is 7.05 Å². The van der Waals surface area contributed by atoms with Crippen molar-refractivity contribution in [3.63, 3.8) is 0 Å². The number of hydrazine groups is 1. The summed E-state index contributed by atoms with van der Waals surface area (Å²) in [5.41, 5.74) is 2.79. The second kappa shape index (κ2) is 4.00. The minimum atomic E-state index is -0.161. The number of hydrogen-bond donors (Lipinski definition) is 2. The Hall–Kier alpha value is -0.770. The molecule has 0 bridgehead atoms. The van der Waals surface area contributed by atoms with Gasteiger partial charge in [0.1, 0.15) is 0 Å². The van der Waals surface area contributed by atoms with Crippen molar-refractivity contribution in [2.45, 2.75) is 46.2 Å². The van der Waals surface area contributed by atoms with Crippen molar-refractivity contribution >= 4 is 6.03 Å². The van der Waals surface area contributed by atoms with E-state index in [1.54, 1.807) is 12.1 Å². The second-order valence-electron chi connectivity index (χ2n) is 5.22. The number of nitrogens with zero attached hydrogens (tertiary/aromatic N) is 1. The summed E-state index contributed by atoms with van der Waals surface area (Å²) >= 11 is 0. The molecule has 2 unspecified atom stereocenters. The number of carbonyl (C=O) groups excluding carboxylic acids is 1. The van der Waals surface area contributed by atoms with Gasteiger partial charge >= 0.3 is 6.03 Å². The molecule has 2 amide bonds. The van der Waals surface area contributed by atoms with Crippen molar-refractivity contribution in [1.82, 2.24) is 15.8 Å². The lowest BCUT2D eigenvalue weighted by Crippen LogP contribution is -2.70. The Kier molecular flexibility index (Phi) is 3.28. The lowest BCUT2D eigenvalue weighted by Gasteiger charge is -2.50. The van der Waals surface area contributed by atoms with Crippen LogP contribution in [0.1, 0.15) is 34.6 Å². The number of amides is 2. The SMILES string of the molecule is CNN1C(=O)NC(C(C)C)C(C)C1(C)C. The van der Waals surface area contributed by atoms with E-state index in [1.165, 1.54) is 0 Å². The first-order valence-electron chi connectivity index (χ1n) is 5.60. The van der Waals surface area contributed by atoms with Gasteiger partial charge in [-0.1, -0.05) is 20.8 Å². The molecular weight excluding hydrogens is 190 g/mol. The summed E-state index contributed by atoms with van der Waals surface area (Å²) in [6.07, 6.45) is 0. The first-order valence-corrected chi connectivity index (χ1v) is 5.60. The van der Waals surface area contributed by atoms with Crippen LogP contribution >= 0.6 is 0 Å². The highest BCUT2D eigenvalue weighted by atomic mass is 16.2. The third kappa shape index (κ3) is 1.95. The highest BCUT2D eigenvalue weighted by Crippen LogP contribution is 2.32. The van der Waals surface area contributed by atoms with Gasteiger partial charge in [-0.25, -0.2) is 10.2 Å². The van der Waals surface area contributed by atoms with E-state index in [0.29, 0.717) is 11.8 Å². The summed E-state index contributed by atoms with van der Waals surface area (Å²) in [6, 6.07) is 0.219. The van der Waals surface area contributed by atoms with Crippen LogP contribution in [0.5, 0.6) is 0 Å². The topological polar surface area (TPSA) is 44.4 Å². The normalized spacial score (nSPS) is 30.6. The molecule has 0 aliphatic carbocycles. The molecule has 15 heavy (non-hydrogen) atoms. The Labute approximate surface area is 92.4 Å². The zero-order valence-electron chi connectivity index (χ0n) is 10.6. The molecule has 0 radical (unpaired) electrons. The van der Waals surface area contributed by atoms with Gasteiger partial charge in [-0.3, -0.25) is 5.01 Å². The van der Waals surface area contributed by atoms with E-state index in [0.717, 1.165) is 0 Å². The largest absolute Gasteiger partial charge is 0.334 e. The molecule has 0 aromatic carbocycles. The van der Waals surface area contributed by atoms with Gasteiger partial charge in [-0.15, -0.1) is 0 Å². The van der Waals surface area contributed by atoms with Gasteiger partial charge in [0.05, 0.1) is 5.54 Å². The summed E-state index contributed by atoms with van der Waals surface area (Å²) in [6.45, 7) is 10.7.